The van der Waals surface area contributed by atoms with E-state index in [2.05, 4.69) is 33.4 Å². The SMILES string of the molecule is O=C(COc1ccc(I)cc1)NNC(=O)C1CC1. The van der Waals surface area contributed by atoms with Gasteiger partial charge in [-0.05, 0) is 59.7 Å². The molecular formula is C12H13IN2O3. The van der Waals surface area contributed by atoms with E-state index < -0.39 is 0 Å². The number of rotatable bonds is 4. The van der Waals surface area contributed by atoms with E-state index in [0.29, 0.717) is 5.75 Å². The molecule has 1 aromatic carbocycles. The average molecular weight is 360 g/mol. The van der Waals surface area contributed by atoms with Gasteiger partial charge in [-0.1, -0.05) is 0 Å². The van der Waals surface area contributed by atoms with Gasteiger partial charge in [0.25, 0.3) is 5.91 Å². The monoisotopic (exact) mass is 360 g/mol. The molecule has 18 heavy (non-hydrogen) atoms. The van der Waals surface area contributed by atoms with Crippen LogP contribution in [0.2, 0.25) is 0 Å². The van der Waals surface area contributed by atoms with Gasteiger partial charge in [-0.3, -0.25) is 20.4 Å². The maximum atomic E-state index is 11.4. The van der Waals surface area contributed by atoms with E-state index in [-0.39, 0.29) is 24.3 Å². The van der Waals surface area contributed by atoms with Crippen LogP contribution in [0, 0.1) is 9.49 Å². The molecule has 1 saturated carbocycles. The number of nitrogens with one attached hydrogen (secondary N) is 2. The van der Waals surface area contributed by atoms with E-state index in [9.17, 15) is 9.59 Å². The minimum atomic E-state index is -0.373. The van der Waals surface area contributed by atoms with E-state index in [1.165, 1.54) is 0 Å². The summed E-state index contributed by atoms with van der Waals surface area (Å²) in [7, 11) is 0. The summed E-state index contributed by atoms with van der Waals surface area (Å²) in [5.41, 5.74) is 4.69. The molecule has 2 rings (SSSR count). The smallest absolute Gasteiger partial charge is 0.276 e. The van der Waals surface area contributed by atoms with Crippen LogP contribution in [0.5, 0.6) is 5.75 Å². The van der Waals surface area contributed by atoms with Gasteiger partial charge in [0, 0.05) is 9.49 Å². The number of carbonyl (C=O) groups excluding carboxylic acids is 2. The van der Waals surface area contributed by atoms with Gasteiger partial charge in [0.05, 0.1) is 0 Å². The lowest BCUT2D eigenvalue weighted by molar-refractivity contribution is -0.130. The summed E-state index contributed by atoms with van der Waals surface area (Å²) in [6.07, 6.45) is 1.81. The number of benzene rings is 1. The summed E-state index contributed by atoms with van der Waals surface area (Å²) >= 11 is 2.19. The van der Waals surface area contributed by atoms with Crippen molar-refractivity contribution in [3.63, 3.8) is 0 Å². The number of ether oxygens (including phenoxy) is 1. The summed E-state index contributed by atoms with van der Waals surface area (Å²) in [6.45, 7) is -0.120. The highest BCUT2D eigenvalue weighted by molar-refractivity contribution is 14.1. The molecule has 96 valence electrons. The second kappa shape index (κ2) is 6.03. The van der Waals surface area contributed by atoms with E-state index >= 15 is 0 Å². The van der Waals surface area contributed by atoms with Crippen molar-refractivity contribution in [2.75, 3.05) is 6.61 Å². The summed E-state index contributed by atoms with van der Waals surface area (Å²) < 4.78 is 6.36. The maximum absolute atomic E-state index is 11.4. The first-order valence-corrected chi connectivity index (χ1v) is 6.70. The van der Waals surface area contributed by atoms with Crippen molar-refractivity contribution in [2.24, 2.45) is 5.92 Å². The Labute approximate surface area is 118 Å². The zero-order chi connectivity index (χ0) is 13.0. The summed E-state index contributed by atoms with van der Waals surface area (Å²) in [6, 6.07) is 7.36. The second-order valence-electron chi connectivity index (χ2n) is 4.05. The Bertz CT molecular complexity index is 443. The molecule has 0 aliphatic heterocycles. The fraction of sp³-hybridized carbons (Fsp3) is 0.333. The van der Waals surface area contributed by atoms with Gasteiger partial charge in [0.2, 0.25) is 5.91 Å². The van der Waals surface area contributed by atoms with Crippen LogP contribution in [-0.4, -0.2) is 18.4 Å². The standard InChI is InChI=1S/C12H13IN2O3/c13-9-3-5-10(6-4-9)18-7-11(16)14-15-12(17)8-1-2-8/h3-6,8H,1-2,7H2,(H,14,16)(H,15,17). The van der Waals surface area contributed by atoms with E-state index in [1.54, 1.807) is 12.1 Å². The van der Waals surface area contributed by atoms with Crippen molar-refractivity contribution in [3.8, 4) is 5.75 Å². The molecular weight excluding hydrogens is 347 g/mol. The minimum absolute atomic E-state index is 0.0717. The molecule has 1 fully saturated rings. The summed E-state index contributed by atoms with van der Waals surface area (Å²) in [5, 5.41) is 0. The van der Waals surface area contributed by atoms with Crippen molar-refractivity contribution >= 4 is 34.4 Å². The van der Waals surface area contributed by atoms with Crippen molar-refractivity contribution < 1.29 is 14.3 Å². The lowest BCUT2D eigenvalue weighted by Gasteiger charge is -2.08. The van der Waals surface area contributed by atoms with E-state index in [4.69, 9.17) is 4.74 Å². The molecule has 1 aromatic rings. The van der Waals surface area contributed by atoms with Crippen LogP contribution in [0.25, 0.3) is 0 Å². The molecule has 1 aliphatic rings. The lowest BCUT2D eigenvalue weighted by atomic mass is 10.3. The van der Waals surface area contributed by atoms with Gasteiger partial charge < -0.3 is 4.74 Å². The topological polar surface area (TPSA) is 67.4 Å². The molecule has 0 unspecified atom stereocenters. The molecule has 2 N–H and O–H groups in total. The van der Waals surface area contributed by atoms with E-state index in [1.807, 2.05) is 12.1 Å². The molecule has 0 spiro atoms. The van der Waals surface area contributed by atoms with Crippen LogP contribution in [0.1, 0.15) is 12.8 Å². The molecule has 0 radical (unpaired) electrons. The van der Waals surface area contributed by atoms with Gasteiger partial charge in [-0.2, -0.15) is 0 Å². The first-order chi connectivity index (χ1) is 8.65. The molecule has 1 aliphatic carbocycles. The zero-order valence-corrected chi connectivity index (χ0v) is 11.8. The molecule has 6 heteroatoms. The minimum Gasteiger partial charge on any atom is -0.484 e. The predicted molar refractivity (Wildman–Crippen MR) is 73.7 cm³/mol. The van der Waals surface area contributed by atoms with Crippen molar-refractivity contribution in [1.82, 2.24) is 10.9 Å². The quantitative estimate of drug-likeness (QED) is 0.627. The first-order valence-electron chi connectivity index (χ1n) is 5.62. The van der Waals surface area contributed by atoms with Crippen LogP contribution >= 0.6 is 22.6 Å². The Morgan fingerprint density at radius 3 is 2.50 bits per heavy atom. The second-order valence-corrected chi connectivity index (χ2v) is 5.30. The number of hydrogen-bond acceptors (Lipinski definition) is 3. The molecule has 0 saturated heterocycles. The Morgan fingerprint density at radius 2 is 1.89 bits per heavy atom. The van der Waals surface area contributed by atoms with Crippen LogP contribution in [0.4, 0.5) is 0 Å². The van der Waals surface area contributed by atoms with Crippen molar-refractivity contribution in [2.45, 2.75) is 12.8 Å². The molecule has 0 bridgehead atoms. The van der Waals surface area contributed by atoms with Crippen LogP contribution in [0.3, 0.4) is 0 Å². The fourth-order valence-electron chi connectivity index (χ4n) is 1.29. The van der Waals surface area contributed by atoms with Crippen LogP contribution < -0.4 is 15.6 Å². The molecule has 2 amide bonds. The third-order valence-electron chi connectivity index (χ3n) is 2.46. The van der Waals surface area contributed by atoms with Gasteiger partial charge >= 0.3 is 0 Å². The molecule has 5 nitrogen and oxygen atoms in total. The lowest BCUT2D eigenvalue weighted by Crippen LogP contribution is -2.44. The van der Waals surface area contributed by atoms with Crippen molar-refractivity contribution in [1.29, 1.82) is 0 Å². The number of carbonyl (C=O) groups is 2. The van der Waals surface area contributed by atoms with Crippen molar-refractivity contribution in [3.05, 3.63) is 27.8 Å². The summed E-state index contributed by atoms with van der Waals surface area (Å²) in [5.74, 6) is 0.196. The third-order valence-corrected chi connectivity index (χ3v) is 3.18. The van der Waals surface area contributed by atoms with Gasteiger partial charge in [-0.15, -0.1) is 0 Å². The number of amides is 2. The fourth-order valence-corrected chi connectivity index (χ4v) is 1.65. The number of halogens is 1. The summed E-state index contributed by atoms with van der Waals surface area (Å²) in [4.78, 5) is 22.6. The third kappa shape index (κ3) is 4.17. The highest BCUT2D eigenvalue weighted by Gasteiger charge is 2.29. The Kier molecular flexibility index (Phi) is 4.40. The normalized spacial score (nSPS) is 13.8. The van der Waals surface area contributed by atoms with Crippen LogP contribution in [0.15, 0.2) is 24.3 Å². The Morgan fingerprint density at radius 1 is 1.22 bits per heavy atom. The molecule has 0 atom stereocenters. The zero-order valence-electron chi connectivity index (χ0n) is 9.61. The first kappa shape index (κ1) is 13.1. The molecule has 0 heterocycles. The van der Waals surface area contributed by atoms with Gasteiger partial charge in [-0.25, -0.2) is 0 Å². The highest BCUT2D eigenvalue weighted by atomic mass is 127. The average Bonchev–Trinajstić information content (AvgIpc) is 3.19. The largest absolute Gasteiger partial charge is 0.484 e. The molecule has 0 aromatic heterocycles. The highest BCUT2D eigenvalue weighted by Crippen LogP contribution is 2.28. The Hall–Kier alpha value is -1.31. The number of hydrogen-bond donors (Lipinski definition) is 2. The van der Waals surface area contributed by atoms with Gasteiger partial charge in [0.15, 0.2) is 6.61 Å². The Balaban J connectivity index is 1.67. The van der Waals surface area contributed by atoms with Crippen LogP contribution in [-0.2, 0) is 9.59 Å². The van der Waals surface area contributed by atoms with E-state index in [0.717, 1.165) is 16.4 Å². The predicted octanol–water partition coefficient (Wildman–Crippen LogP) is 1.23. The van der Waals surface area contributed by atoms with Gasteiger partial charge in [0.1, 0.15) is 5.75 Å². The maximum Gasteiger partial charge on any atom is 0.276 e. The number of hydrazine groups is 1.